The Morgan fingerprint density at radius 3 is 2.12 bits per heavy atom. The van der Waals surface area contributed by atoms with Gasteiger partial charge >= 0.3 is 0 Å². The van der Waals surface area contributed by atoms with Crippen LogP contribution in [0.4, 0.5) is 0 Å². The summed E-state index contributed by atoms with van der Waals surface area (Å²) in [6.07, 6.45) is 0. The lowest BCUT2D eigenvalue weighted by molar-refractivity contribution is -0.139. The highest BCUT2D eigenvalue weighted by Gasteiger charge is 2.52. The third-order valence-corrected chi connectivity index (χ3v) is 3.32. The zero-order chi connectivity index (χ0) is 12.0. The molecular weight excluding hydrogens is 210 g/mol. The predicted molar refractivity (Wildman–Crippen MR) is 55.0 cm³/mol. The molecule has 2 heterocycles. The number of imide groups is 1. The number of hydrogen-bond acceptors (Lipinski definition) is 4. The topological polar surface area (TPSA) is 83.7 Å². The number of nitrogens with two attached hydrogens (primary N) is 1. The fourth-order valence-corrected chi connectivity index (χ4v) is 2.38. The maximum atomic E-state index is 11.7. The van der Waals surface area contributed by atoms with E-state index < -0.39 is 6.04 Å². The first-order valence-corrected chi connectivity index (χ1v) is 5.29. The third-order valence-electron chi connectivity index (χ3n) is 3.32. The van der Waals surface area contributed by atoms with Gasteiger partial charge in [-0.15, -0.1) is 0 Å². The molecular formula is C10H15N3O3. The molecule has 0 saturated carbocycles. The molecule has 2 aliphatic rings. The van der Waals surface area contributed by atoms with Gasteiger partial charge in [-0.2, -0.15) is 0 Å². The van der Waals surface area contributed by atoms with Gasteiger partial charge in [0.1, 0.15) is 0 Å². The maximum Gasteiger partial charge on any atom is 0.239 e. The minimum atomic E-state index is -0.582. The van der Waals surface area contributed by atoms with Gasteiger partial charge in [-0.1, -0.05) is 0 Å². The summed E-state index contributed by atoms with van der Waals surface area (Å²) < 4.78 is 0. The van der Waals surface area contributed by atoms with Crippen LogP contribution in [0.1, 0.15) is 6.92 Å². The minimum absolute atomic E-state index is 0.185. The van der Waals surface area contributed by atoms with Crippen molar-refractivity contribution in [3.8, 4) is 0 Å². The highest BCUT2D eigenvalue weighted by atomic mass is 16.2. The second kappa shape index (κ2) is 3.55. The first-order chi connectivity index (χ1) is 7.43. The number of hydrogen-bond donors (Lipinski definition) is 1. The van der Waals surface area contributed by atoms with Crippen LogP contribution in [-0.4, -0.2) is 53.7 Å². The molecule has 6 nitrogen and oxygen atoms in total. The van der Waals surface area contributed by atoms with E-state index in [1.807, 2.05) is 0 Å². The van der Waals surface area contributed by atoms with Crippen molar-refractivity contribution in [2.75, 3.05) is 20.1 Å². The van der Waals surface area contributed by atoms with Crippen LogP contribution >= 0.6 is 0 Å². The summed E-state index contributed by atoms with van der Waals surface area (Å²) in [6.45, 7) is 2.24. The summed E-state index contributed by atoms with van der Waals surface area (Å²) in [6, 6.07) is -0.582. The molecule has 2 saturated heterocycles. The Morgan fingerprint density at radius 1 is 1.31 bits per heavy atom. The summed E-state index contributed by atoms with van der Waals surface area (Å²) in [5, 5.41) is 0. The molecule has 2 N–H and O–H groups in total. The lowest BCUT2D eigenvalue weighted by atomic mass is 10.00. The van der Waals surface area contributed by atoms with Crippen LogP contribution in [0.15, 0.2) is 0 Å². The molecule has 0 aromatic heterocycles. The van der Waals surface area contributed by atoms with Crippen LogP contribution in [-0.2, 0) is 14.4 Å². The van der Waals surface area contributed by atoms with E-state index in [0.717, 1.165) is 4.90 Å². The molecule has 2 fully saturated rings. The largest absolute Gasteiger partial charge is 0.340 e. The Balaban J connectivity index is 2.13. The second-order valence-electron chi connectivity index (χ2n) is 4.48. The van der Waals surface area contributed by atoms with E-state index in [9.17, 15) is 14.4 Å². The van der Waals surface area contributed by atoms with E-state index in [1.165, 1.54) is 11.9 Å². The number of carbonyl (C=O) groups is 3. The molecule has 2 aliphatic heterocycles. The molecule has 3 amide bonds. The van der Waals surface area contributed by atoms with Crippen LogP contribution in [0, 0.1) is 11.8 Å². The number of nitrogens with zero attached hydrogens (tertiary/aromatic N) is 2. The van der Waals surface area contributed by atoms with E-state index in [-0.39, 0.29) is 29.6 Å². The molecule has 0 aromatic carbocycles. The molecule has 6 heteroatoms. The number of fused-ring (bicyclic) bond motifs is 1. The quantitative estimate of drug-likeness (QED) is 0.545. The number of likely N-dealkylation sites (tertiary alicyclic amines) is 2. The molecule has 0 radical (unpaired) electrons. The van der Waals surface area contributed by atoms with Crippen LogP contribution in [0.25, 0.3) is 0 Å². The Kier molecular flexibility index (Phi) is 2.46. The van der Waals surface area contributed by atoms with E-state index in [0.29, 0.717) is 13.1 Å². The van der Waals surface area contributed by atoms with Gasteiger partial charge in [0.2, 0.25) is 17.7 Å². The lowest BCUT2D eigenvalue weighted by Gasteiger charge is -2.20. The van der Waals surface area contributed by atoms with Crippen molar-refractivity contribution in [2.24, 2.45) is 17.6 Å². The highest BCUT2D eigenvalue weighted by Crippen LogP contribution is 2.32. The van der Waals surface area contributed by atoms with Gasteiger partial charge in [0.25, 0.3) is 0 Å². The first-order valence-electron chi connectivity index (χ1n) is 5.29. The third kappa shape index (κ3) is 1.41. The van der Waals surface area contributed by atoms with Crippen molar-refractivity contribution < 1.29 is 14.4 Å². The zero-order valence-corrected chi connectivity index (χ0v) is 9.34. The monoisotopic (exact) mass is 225 g/mol. The van der Waals surface area contributed by atoms with E-state index in [4.69, 9.17) is 5.73 Å². The van der Waals surface area contributed by atoms with Crippen molar-refractivity contribution in [3.05, 3.63) is 0 Å². The average molecular weight is 225 g/mol. The summed E-state index contributed by atoms with van der Waals surface area (Å²) >= 11 is 0. The van der Waals surface area contributed by atoms with Gasteiger partial charge in [0, 0.05) is 20.1 Å². The normalized spacial score (nSPS) is 30.9. The van der Waals surface area contributed by atoms with Crippen molar-refractivity contribution >= 4 is 17.7 Å². The Bertz CT molecular complexity index is 342. The van der Waals surface area contributed by atoms with Gasteiger partial charge in [-0.05, 0) is 6.92 Å². The van der Waals surface area contributed by atoms with Gasteiger partial charge < -0.3 is 10.6 Å². The van der Waals surface area contributed by atoms with Crippen LogP contribution in [0.2, 0.25) is 0 Å². The smallest absolute Gasteiger partial charge is 0.239 e. The number of carbonyl (C=O) groups excluding carboxylic acids is 3. The summed E-state index contributed by atoms with van der Waals surface area (Å²) in [5.41, 5.74) is 5.49. The second-order valence-corrected chi connectivity index (χ2v) is 4.48. The zero-order valence-electron chi connectivity index (χ0n) is 9.34. The van der Waals surface area contributed by atoms with Gasteiger partial charge in [-0.25, -0.2) is 0 Å². The maximum absolute atomic E-state index is 11.7. The first kappa shape index (κ1) is 11.1. The standard InChI is InChI=1S/C10H15N3O3/c1-5(11)8(14)13-3-6-7(4-13)10(16)12(2)9(6)15/h5-7H,3-4,11H2,1-2H3/t5-,6-,7-/m0/s1. The Morgan fingerprint density at radius 2 is 1.75 bits per heavy atom. The van der Waals surface area contributed by atoms with Gasteiger partial charge in [-0.3, -0.25) is 19.3 Å². The predicted octanol–water partition coefficient (Wildman–Crippen LogP) is -1.59. The molecule has 0 spiro atoms. The molecule has 0 aromatic rings. The van der Waals surface area contributed by atoms with Gasteiger partial charge in [0.15, 0.2) is 0 Å². The molecule has 16 heavy (non-hydrogen) atoms. The van der Waals surface area contributed by atoms with Gasteiger partial charge in [0.05, 0.1) is 17.9 Å². The van der Waals surface area contributed by atoms with Crippen molar-refractivity contribution in [2.45, 2.75) is 13.0 Å². The summed E-state index contributed by atoms with van der Waals surface area (Å²) in [7, 11) is 1.49. The van der Waals surface area contributed by atoms with Crippen LogP contribution in [0.3, 0.4) is 0 Å². The van der Waals surface area contributed by atoms with Crippen molar-refractivity contribution in [3.63, 3.8) is 0 Å². The Labute approximate surface area is 93.4 Å². The van der Waals surface area contributed by atoms with Crippen LogP contribution in [0.5, 0.6) is 0 Å². The van der Waals surface area contributed by atoms with E-state index >= 15 is 0 Å². The lowest BCUT2D eigenvalue weighted by Crippen LogP contribution is -2.43. The number of amides is 3. The van der Waals surface area contributed by atoms with E-state index in [2.05, 4.69) is 0 Å². The fraction of sp³-hybridized carbons (Fsp3) is 0.700. The molecule has 0 bridgehead atoms. The summed E-state index contributed by atoms with van der Waals surface area (Å²) in [5.74, 6) is -1.29. The van der Waals surface area contributed by atoms with Crippen molar-refractivity contribution in [1.82, 2.24) is 9.80 Å². The molecule has 0 unspecified atom stereocenters. The fourth-order valence-electron chi connectivity index (χ4n) is 2.38. The Hall–Kier alpha value is -1.43. The molecule has 2 rings (SSSR count). The van der Waals surface area contributed by atoms with Crippen molar-refractivity contribution in [1.29, 1.82) is 0 Å². The minimum Gasteiger partial charge on any atom is -0.340 e. The SMILES string of the molecule is C[C@H](N)C(=O)N1C[C@@H]2C(=O)N(C)C(=O)[C@H]2C1. The highest BCUT2D eigenvalue weighted by molar-refractivity contribution is 6.06. The van der Waals surface area contributed by atoms with E-state index in [1.54, 1.807) is 6.92 Å². The summed E-state index contributed by atoms with van der Waals surface area (Å²) in [4.78, 5) is 37.7. The molecule has 0 aliphatic carbocycles. The average Bonchev–Trinajstić information content (AvgIpc) is 2.75. The molecule has 3 atom stereocenters. The molecule has 88 valence electrons. The number of rotatable bonds is 1. The van der Waals surface area contributed by atoms with Crippen LogP contribution < -0.4 is 5.73 Å².